The molecule has 0 aliphatic carbocycles. The fraction of sp³-hybridized carbons (Fsp3) is 0.174. The zero-order chi connectivity index (χ0) is 24.2. The summed E-state index contributed by atoms with van der Waals surface area (Å²) in [6.45, 7) is 1.34. The minimum Gasteiger partial charge on any atom is -0.497 e. The van der Waals surface area contributed by atoms with Crippen LogP contribution in [0.4, 0.5) is 11.4 Å². The highest BCUT2D eigenvalue weighted by Crippen LogP contribution is 2.35. The van der Waals surface area contributed by atoms with Gasteiger partial charge in [-0.1, -0.05) is 40.9 Å². The Labute approximate surface area is 202 Å². The number of anilines is 2. The molecule has 0 saturated carbocycles. The molecule has 0 unspecified atom stereocenters. The normalized spacial score (nSPS) is 11.1. The maximum Gasteiger partial charge on any atom is 0.264 e. The van der Waals surface area contributed by atoms with Gasteiger partial charge in [0, 0.05) is 11.8 Å². The van der Waals surface area contributed by atoms with Crippen molar-refractivity contribution in [2.75, 3.05) is 30.4 Å². The number of methoxy groups -OCH3 is 2. The van der Waals surface area contributed by atoms with Crippen molar-refractivity contribution in [3.05, 3.63) is 76.3 Å². The monoisotopic (exact) mass is 508 g/mol. The van der Waals surface area contributed by atoms with Gasteiger partial charge < -0.3 is 14.8 Å². The Balaban J connectivity index is 2.02. The molecule has 0 aliphatic heterocycles. The third-order valence-electron chi connectivity index (χ3n) is 4.76. The van der Waals surface area contributed by atoms with Crippen LogP contribution in [-0.2, 0) is 14.8 Å². The van der Waals surface area contributed by atoms with E-state index >= 15 is 0 Å². The summed E-state index contributed by atoms with van der Waals surface area (Å²) >= 11 is 11.9. The van der Waals surface area contributed by atoms with E-state index < -0.39 is 22.5 Å². The molecule has 0 aromatic heterocycles. The van der Waals surface area contributed by atoms with Gasteiger partial charge in [-0.2, -0.15) is 0 Å². The predicted octanol–water partition coefficient (Wildman–Crippen LogP) is 5.15. The number of nitrogens with one attached hydrogen (secondary N) is 1. The van der Waals surface area contributed by atoms with Gasteiger partial charge >= 0.3 is 0 Å². The van der Waals surface area contributed by atoms with Crippen molar-refractivity contribution in [3.8, 4) is 11.5 Å². The number of aryl methyl sites for hydroxylation is 1. The topological polar surface area (TPSA) is 84.9 Å². The molecule has 0 bridgehead atoms. The van der Waals surface area contributed by atoms with Crippen LogP contribution in [0, 0.1) is 6.92 Å². The first-order valence-corrected chi connectivity index (χ1v) is 11.9. The number of rotatable bonds is 8. The van der Waals surface area contributed by atoms with Crippen molar-refractivity contribution in [3.63, 3.8) is 0 Å². The van der Waals surface area contributed by atoms with Gasteiger partial charge in [0.25, 0.3) is 10.0 Å². The van der Waals surface area contributed by atoms with Gasteiger partial charge in [0.15, 0.2) is 0 Å². The summed E-state index contributed by atoms with van der Waals surface area (Å²) in [6, 6.07) is 15.6. The van der Waals surface area contributed by atoms with Crippen LogP contribution in [0.25, 0.3) is 0 Å². The highest BCUT2D eigenvalue weighted by atomic mass is 35.5. The van der Waals surface area contributed by atoms with Crippen molar-refractivity contribution >= 4 is 50.5 Å². The van der Waals surface area contributed by atoms with Crippen molar-refractivity contribution < 1.29 is 22.7 Å². The minimum atomic E-state index is -4.12. The highest BCUT2D eigenvalue weighted by Gasteiger charge is 2.29. The summed E-state index contributed by atoms with van der Waals surface area (Å²) in [7, 11) is -1.23. The highest BCUT2D eigenvalue weighted by molar-refractivity contribution is 7.92. The summed E-state index contributed by atoms with van der Waals surface area (Å²) in [6.07, 6.45) is 0. The second-order valence-electron chi connectivity index (χ2n) is 7.04. The lowest BCUT2D eigenvalue weighted by atomic mass is 10.2. The molecule has 0 atom stereocenters. The third-order valence-corrected chi connectivity index (χ3v) is 7.27. The molecule has 0 radical (unpaired) electrons. The number of hydrogen-bond donors (Lipinski definition) is 1. The fourth-order valence-corrected chi connectivity index (χ4v) is 4.76. The first-order valence-electron chi connectivity index (χ1n) is 9.72. The van der Waals surface area contributed by atoms with E-state index in [0.717, 1.165) is 9.87 Å². The maximum atomic E-state index is 13.6. The van der Waals surface area contributed by atoms with Gasteiger partial charge in [-0.3, -0.25) is 9.10 Å². The number of nitrogens with zero attached hydrogens (tertiary/aromatic N) is 1. The van der Waals surface area contributed by atoms with E-state index in [1.165, 1.54) is 44.6 Å². The fourth-order valence-electron chi connectivity index (χ4n) is 3.03. The van der Waals surface area contributed by atoms with E-state index in [9.17, 15) is 13.2 Å². The second-order valence-corrected chi connectivity index (χ2v) is 9.72. The average molecular weight is 509 g/mol. The molecule has 33 heavy (non-hydrogen) atoms. The second kappa shape index (κ2) is 10.3. The molecular weight excluding hydrogens is 487 g/mol. The summed E-state index contributed by atoms with van der Waals surface area (Å²) in [5, 5.41) is 3.24. The SMILES string of the molecule is COc1ccc(N(CC(=O)Nc2ccc(Cl)c(Cl)c2)S(=O)(=O)c2ccc(C)cc2)c(OC)c1. The van der Waals surface area contributed by atoms with Crippen LogP contribution >= 0.6 is 23.2 Å². The molecule has 0 spiro atoms. The molecule has 0 fully saturated rings. The van der Waals surface area contributed by atoms with E-state index in [0.29, 0.717) is 16.5 Å². The summed E-state index contributed by atoms with van der Waals surface area (Å²) in [4.78, 5) is 12.9. The molecule has 1 amide bonds. The van der Waals surface area contributed by atoms with Crippen LogP contribution in [0.1, 0.15) is 5.56 Å². The van der Waals surface area contributed by atoms with E-state index in [1.807, 2.05) is 6.92 Å². The molecule has 0 aliphatic rings. The number of sulfonamides is 1. The molecule has 7 nitrogen and oxygen atoms in total. The number of amides is 1. The van der Waals surface area contributed by atoms with Gasteiger partial charge in [0.05, 0.1) is 34.8 Å². The molecule has 0 heterocycles. The molecule has 174 valence electrons. The Morgan fingerprint density at radius 1 is 0.939 bits per heavy atom. The van der Waals surface area contributed by atoms with Crippen LogP contribution in [0.5, 0.6) is 11.5 Å². The number of carbonyl (C=O) groups is 1. The van der Waals surface area contributed by atoms with Gasteiger partial charge in [0.2, 0.25) is 5.91 Å². The van der Waals surface area contributed by atoms with Crippen LogP contribution in [-0.4, -0.2) is 35.1 Å². The van der Waals surface area contributed by atoms with Crippen LogP contribution < -0.4 is 19.1 Å². The Kier molecular flexibility index (Phi) is 7.73. The van der Waals surface area contributed by atoms with Gasteiger partial charge in [-0.25, -0.2) is 8.42 Å². The first-order chi connectivity index (χ1) is 15.6. The zero-order valence-electron chi connectivity index (χ0n) is 18.1. The van der Waals surface area contributed by atoms with Crippen molar-refractivity contribution in [2.45, 2.75) is 11.8 Å². The van der Waals surface area contributed by atoms with Gasteiger partial charge in [-0.15, -0.1) is 0 Å². The number of carbonyl (C=O) groups excluding carboxylic acids is 1. The maximum absolute atomic E-state index is 13.6. The van der Waals surface area contributed by atoms with E-state index in [1.54, 1.807) is 30.3 Å². The van der Waals surface area contributed by atoms with Crippen LogP contribution in [0.2, 0.25) is 10.0 Å². The summed E-state index contributed by atoms with van der Waals surface area (Å²) in [5.74, 6) is 0.123. The Bertz CT molecular complexity index is 1260. The lowest BCUT2D eigenvalue weighted by Crippen LogP contribution is -2.38. The summed E-state index contributed by atoms with van der Waals surface area (Å²) in [5.41, 5.74) is 1.46. The van der Waals surface area contributed by atoms with Gasteiger partial charge in [0.1, 0.15) is 18.0 Å². The quantitative estimate of drug-likeness (QED) is 0.454. The largest absolute Gasteiger partial charge is 0.497 e. The zero-order valence-corrected chi connectivity index (χ0v) is 20.5. The van der Waals surface area contributed by atoms with E-state index in [-0.39, 0.29) is 21.4 Å². The lowest BCUT2D eigenvalue weighted by Gasteiger charge is -2.26. The number of halogens is 2. The number of hydrogen-bond acceptors (Lipinski definition) is 5. The number of benzene rings is 3. The molecule has 3 aromatic rings. The van der Waals surface area contributed by atoms with Crippen molar-refractivity contribution in [1.82, 2.24) is 0 Å². The average Bonchev–Trinajstić information content (AvgIpc) is 2.79. The van der Waals surface area contributed by atoms with Crippen molar-refractivity contribution in [1.29, 1.82) is 0 Å². The van der Waals surface area contributed by atoms with Crippen LogP contribution in [0.3, 0.4) is 0 Å². The first kappa shape index (κ1) is 24.7. The lowest BCUT2D eigenvalue weighted by molar-refractivity contribution is -0.114. The Hall–Kier alpha value is -2.94. The predicted molar refractivity (Wildman–Crippen MR) is 130 cm³/mol. The molecular formula is C23H22Cl2N2O5S. The Morgan fingerprint density at radius 3 is 2.24 bits per heavy atom. The van der Waals surface area contributed by atoms with Gasteiger partial charge in [-0.05, 0) is 49.4 Å². The molecule has 3 rings (SSSR count). The summed E-state index contributed by atoms with van der Waals surface area (Å²) < 4.78 is 38.7. The molecule has 3 aromatic carbocycles. The molecule has 1 N–H and O–H groups in total. The van der Waals surface area contributed by atoms with E-state index in [4.69, 9.17) is 32.7 Å². The molecule has 0 saturated heterocycles. The number of ether oxygens (including phenoxy) is 2. The third kappa shape index (κ3) is 5.71. The van der Waals surface area contributed by atoms with Crippen LogP contribution in [0.15, 0.2) is 65.6 Å². The molecule has 10 heteroatoms. The van der Waals surface area contributed by atoms with Crippen molar-refractivity contribution in [2.24, 2.45) is 0 Å². The standard InChI is InChI=1S/C23H22Cl2N2O5S/c1-15-4-8-18(9-5-15)33(29,30)27(21-11-7-17(31-2)13-22(21)32-3)14-23(28)26-16-6-10-19(24)20(25)12-16/h4-13H,14H2,1-3H3,(H,26,28). The Morgan fingerprint density at radius 2 is 1.64 bits per heavy atom. The van der Waals surface area contributed by atoms with E-state index in [2.05, 4.69) is 5.32 Å². The minimum absolute atomic E-state index is 0.0355. The smallest absolute Gasteiger partial charge is 0.264 e.